The molecule has 1 aliphatic carbocycles. The molecule has 3 N–H and O–H groups in total. The predicted molar refractivity (Wildman–Crippen MR) is 65.8 cm³/mol. The molecule has 18 heavy (non-hydrogen) atoms. The number of ether oxygens (including phenoxy) is 1. The summed E-state index contributed by atoms with van der Waals surface area (Å²) < 4.78 is 19.4. The molecule has 0 amide bonds. The largest absolute Gasteiger partial charge is 0.487 e. The molecular weight excluding hydrogens is 233 g/mol. The number of nitrogens with two attached hydrogens (primary N) is 1. The van der Waals surface area contributed by atoms with Gasteiger partial charge in [0.1, 0.15) is 22.8 Å². The van der Waals surface area contributed by atoms with Gasteiger partial charge in [-0.05, 0) is 43.9 Å². The van der Waals surface area contributed by atoms with Gasteiger partial charge in [0.25, 0.3) is 0 Å². The fourth-order valence-corrected chi connectivity index (χ4v) is 3.33. The lowest BCUT2D eigenvalue weighted by Gasteiger charge is -2.44. The Bertz CT molecular complexity index is 471. The van der Waals surface area contributed by atoms with Crippen LogP contribution in [0.4, 0.5) is 4.39 Å². The van der Waals surface area contributed by atoms with E-state index < -0.39 is 5.60 Å². The van der Waals surface area contributed by atoms with Crippen LogP contribution in [0.1, 0.15) is 37.7 Å². The topological polar surface area (TPSA) is 55.5 Å². The van der Waals surface area contributed by atoms with Crippen molar-refractivity contribution in [2.45, 2.75) is 43.3 Å². The maximum absolute atomic E-state index is 13.3. The highest BCUT2D eigenvalue weighted by molar-refractivity contribution is 5.42. The monoisotopic (exact) mass is 251 g/mol. The highest BCUT2D eigenvalue weighted by Crippen LogP contribution is 2.49. The Morgan fingerprint density at radius 3 is 2.72 bits per heavy atom. The second kappa shape index (κ2) is 3.93. The summed E-state index contributed by atoms with van der Waals surface area (Å²) in [4.78, 5) is 0. The molecule has 0 bridgehead atoms. The average Bonchev–Trinajstić information content (AvgIpc) is 2.78. The highest BCUT2D eigenvalue weighted by atomic mass is 19.1. The maximum Gasteiger partial charge on any atom is 0.126 e. The van der Waals surface area contributed by atoms with Gasteiger partial charge in [0, 0.05) is 18.5 Å². The highest BCUT2D eigenvalue weighted by Gasteiger charge is 2.49. The van der Waals surface area contributed by atoms with Gasteiger partial charge in [-0.1, -0.05) is 0 Å². The van der Waals surface area contributed by atoms with Crippen LogP contribution < -0.4 is 10.5 Å². The first kappa shape index (κ1) is 11.9. The second-order valence-electron chi connectivity index (χ2n) is 5.55. The van der Waals surface area contributed by atoms with E-state index in [1.807, 2.05) is 0 Å². The van der Waals surface area contributed by atoms with Crippen LogP contribution in [0.25, 0.3) is 0 Å². The van der Waals surface area contributed by atoms with Gasteiger partial charge in [-0.15, -0.1) is 0 Å². The van der Waals surface area contributed by atoms with Crippen LogP contribution in [0.2, 0.25) is 0 Å². The van der Waals surface area contributed by atoms with Gasteiger partial charge in [-0.3, -0.25) is 0 Å². The molecule has 1 atom stereocenters. The van der Waals surface area contributed by atoms with E-state index in [4.69, 9.17) is 10.5 Å². The molecule has 98 valence electrons. The molecule has 0 saturated heterocycles. The Morgan fingerprint density at radius 1 is 1.33 bits per heavy atom. The molecule has 1 saturated carbocycles. The average molecular weight is 251 g/mol. The summed E-state index contributed by atoms with van der Waals surface area (Å²) in [6, 6.07) is 4.30. The third kappa shape index (κ3) is 1.71. The lowest BCUT2D eigenvalue weighted by Crippen LogP contribution is -2.50. The molecule has 3 rings (SSSR count). The number of aliphatic hydroxyl groups is 1. The smallest absolute Gasteiger partial charge is 0.126 e. The Hall–Kier alpha value is -1.13. The SMILES string of the molecule is NCC1(O)CC2(CCCC2)Oc2ccc(F)cc21. The maximum atomic E-state index is 13.3. The normalized spacial score (nSPS) is 29.1. The number of hydrogen-bond donors (Lipinski definition) is 2. The molecule has 1 fully saturated rings. The minimum Gasteiger partial charge on any atom is -0.487 e. The van der Waals surface area contributed by atoms with Crippen molar-refractivity contribution >= 4 is 0 Å². The van der Waals surface area contributed by atoms with Crippen LogP contribution in [0.3, 0.4) is 0 Å². The zero-order valence-electron chi connectivity index (χ0n) is 10.3. The molecule has 1 aromatic rings. The molecule has 1 aliphatic heterocycles. The number of rotatable bonds is 1. The van der Waals surface area contributed by atoms with Gasteiger partial charge in [-0.25, -0.2) is 4.39 Å². The molecule has 2 aliphatic rings. The van der Waals surface area contributed by atoms with Crippen molar-refractivity contribution in [1.29, 1.82) is 0 Å². The molecule has 3 nitrogen and oxygen atoms in total. The Balaban J connectivity index is 2.08. The van der Waals surface area contributed by atoms with Crippen molar-refractivity contribution in [2.24, 2.45) is 5.73 Å². The van der Waals surface area contributed by atoms with Gasteiger partial charge in [0.2, 0.25) is 0 Å². The van der Waals surface area contributed by atoms with Gasteiger partial charge >= 0.3 is 0 Å². The zero-order valence-corrected chi connectivity index (χ0v) is 10.3. The third-order valence-corrected chi connectivity index (χ3v) is 4.24. The van der Waals surface area contributed by atoms with Crippen LogP contribution in [0.15, 0.2) is 18.2 Å². The van der Waals surface area contributed by atoms with Crippen LogP contribution >= 0.6 is 0 Å². The Labute approximate surface area is 106 Å². The minimum atomic E-state index is -1.17. The molecule has 0 radical (unpaired) electrons. The van der Waals surface area contributed by atoms with E-state index in [9.17, 15) is 9.50 Å². The Morgan fingerprint density at radius 2 is 2.06 bits per heavy atom. The number of hydrogen-bond acceptors (Lipinski definition) is 3. The third-order valence-electron chi connectivity index (χ3n) is 4.24. The molecule has 0 aromatic heterocycles. The lowest BCUT2D eigenvalue weighted by atomic mass is 9.78. The van der Waals surface area contributed by atoms with Crippen molar-refractivity contribution in [2.75, 3.05) is 6.54 Å². The summed E-state index contributed by atoms with van der Waals surface area (Å²) in [7, 11) is 0. The van der Waals surface area contributed by atoms with E-state index in [1.54, 1.807) is 6.07 Å². The van der Waals surface area contributed by atoms with Crippen molar-refractivity contribution < 1.29 is 14.2 Å². The van der Waals surface area contributed by atoms with E-state index in [1.165, 1.54) is 12.1 Å². The Kier molecular flexibility index (Phi) is 2.61. The summed E-state index contributed by atoms with van der Waals surface area (Å²) in [5.41, 5.74) is 4.74. The first-order chi connectivity index (χ1) is 8.57. The van der Waals surface area contributed by atoms with Crippen LogP contribution in [-0.4, -0.2) is 17.3 Å². The van der Waals surface area contributed by atoms with Crippen molar-refractivity contribution in [3.63, 3.8) is 0 Å². The molecule has 1 spiro atoms. The van der Waals surface area contributed by atoms with Gasteiger partial charge in [0.15, 0.2) is 0 Å². The van der Waals surface area contributed by atoms with Crippen molar-refractivity contribution in [3.8, 4) is 5.75 Å². The van der Waals surface area contributed by atoms with E-state index in [2.05, 4.69) is 0 Å². The van der Waals surface area contributed by atoms with Gasteiger partial charge < -0.3 is 15.6 Å². The summed E-state index contributed by atoms with van der Waals surface area (Å²) in [5, 5.41) is 10.7. The molecule has 1 heterocycles. The summed E-state index contributed by atoms with van der Waals surface area (Å²) in [6.45, 7) is 0.0918. The van der Waals surface area contributed by atoms with Crippen molar-refractivity contribution in [3.05, 3.63) is 29.6 Å². The number of benzene rings is 1. The molecule has 4 heteroatoms. The molecule has 1 aromatic carbocycles. The minimum absolute atomic E-state index is 0.0918. The standard InChI is InChI=1S/C14H18FNO2/c15-10-3-4-12-11(7-10)14(17,9-16)8-13(18-12)5-1-2-6-13/h3-4,7,17H,1-2,5-6,8-9,16H2. The van der Waals surface area contributed by atoms with E-state index in [0.717, 1.165) is 25.7 Å². The van der Waals surface area contributed by atoms with E-state index >= 15 is 0 Å². The zero-order chi connectivity index (χ0) is 12.8. The fraction of sp³-hybridized carbons (Fsp3) is 0.571. The van der Waals surface area contributed by atoms with Gasteiger partial charge in [-0.2, -0.15) is 0 Å². The van der Waals surface area contributed by atoms with Crippen LogP contribution in [-0.2, 0) is 5.60 Å². The number of halogens is 1. The fourth-order valence-electron chi connectivity index (χ4n) is 3.33. The first-order valence-electron chi connectivity index (χ1n) is 6.48. The van der Waals surface area contributed by atoms with E-state index in [-0.39, 0.29) is 18.0 Å². The molecule has 1 unspecified atom stereocenters. The quantitative estimate of drug-likeness (QED) is 0.803. The van der Waals surface area contributed by atoms with Crippen molar-refractivity contribution in [1.82, 2.24) is 0 Å². The lowest BCUT2D eigenvalue weighted by molar-refractivity contribution is -0.0714. The van der Waals surface area contributed by atoms with E-state index in [0.29, 0.717) is 17.7 Å². The summed E-state index contributed by atoms with van der Waals surface area (Å²) in [5.74, 6) is 0.212. The van der Waals surface area contributed by atoms with Crippen LogP contribution in [0.5, 0.6) is 5.75 Å². The second-order valence-corrected chi connectivity index (χ2v) is 5.55. The van der Waals surface area contributed by atoms with Gasteiger partial charge in [0.05, 0.1) is 0 Å². The summed E-state index contributed by atoms with van der Waals surface area (Å²) >= 11 is 0. The predicted octanol–water partition coefficient (Wildman–Crippen LogP) is 2.07. The first-order valence-corrected chi connectivity index (χ1v) is 6.48. The van der Waals surface area contributed by atoms with Crippen LogP contribution in [0, 0.1) is 5.82 Å². The number of fused-ring (bicyclic) bond motifs is 1. The summed E-state index contributed by atoms with van der Waals surface area (Å²) in [6.07, 6.45) is 4.56. The molecular formula is C14H18FNO2.